The zero-order valence-electron chi connectivity index (χ0n) is 10.2. The van der Waals surface area contributed by atoms with E-state index in [0.29, 0.717) is 5.56 Å². The number of methoxy groups -OCH3 is 1. The van der Waals surface area contributed by atoms with E-state index in [1.807, 2.05) is 13.0 Å². The van der Waals surface area contributed by atoms with E-state index in [4.69, 9.17) is 0 Å². The van der Waals surface area contributed by atoms with Crippen molar-refractivity contribution in [3.63, 3.8) is 0 Å². The Morgan fingerprint density at radius 2 is 1.94 bits per heavy atom. The summed E-state index contributed by atoms with van der Waals surface area (Å²) in [5.74, 6) is -0.945. The molecule has 0 fully saturated rings. The van der Waals surface area contributed by atoms with Crippen LogP contribution >= 0.6 is 0 Å². The molecular formula is C12H16O4S. The molecule has 0 aliphatic heterocycles. The molecule has 0 bridgehead atoms. The van der Waals surface area contributed by atoms with Gasteiger partial charge in [-0.15, -0.1) is 0 Å². The topological polar surface area (TPSA) is 60.4 Å². The number of carbonyl (C=O) groups is 1. The Hall–Kier alpha value is -1.20. The van der Waals surface area contributed by atoms with Crippen molar-refractivity contribution in [3.05, 3.63) is 29.3 Å². The molecule has 0 heterocycles. The fourth-order valence-corrected chi connectivity index (χ4v) is 3.12. The first-order valence-electron chi connectivity index (χ1n) is 5.17. The van der Waals surface area contributed by atoms with Crippen LogP contribution in [0.15, 0.2) is 23.1 Å². The van der Waals surface area contributed by atoms with Gasteiger partial charge in [0.2, 0.25) is 0 Å². The van der Waals surface area contributed by atoms with Gasteiger partial charge in [-0.25, -0.2) is 8.42 Å². The van der Waals surface area contributed by atoms with E-state index in [9.17, 15) is 13.2 Å². The summed E-state index contributed by atoms with van der Waals surface area (Å²) < 4.78 is 28.7. The van der Waals surface area contributed by atoms with Gasteiger partial charge in [0, 0.05) is 7.11 Å². The van der Waals surface area contributed by atoms with Crippen LogP contribution in [0.5, 0.6) is 0 Å². The molecule has 0 N–H and O–H groups in total. The van der Waals surface area contributed by atoms with Crippen molar-refractivity contribution < 1.29 is 17.9 Å². The maximum absolute atomic E-state index is 12.0. The zero-order chi connectivity index (χ0) is 13.1. The first-order chi connectivity index (χ1) is 7.86. The number of Topliss-reactive ketones (excluding diaryl/α,β-unsaturated/α-hetero) is 1. The number of sulfone groups is 1. The molecule has 0 aromatic heterocycles. The van der Waals surface area contributed by atoms with E-state index >= 15 is 0 Å². The van der Waals surface area contributed by atoms with Gasteiger partial charge in [0.25, 0.3) is 0 Å². The quantitative estimate of drug-likeness (QED) is 0.796. The van der Waals surface area contributed by atoms with Gasteiger partial charge in [0.05, 0.1) is 4.90 Å². The molecule has 0 radical (unpaired) electrons. The van der Waals surface area contributed by atoms with Crippen LogP contribution in [0, 0.1) is 13.8 Å². The Balaban J connectivity index is 3.05. The van der Waals surface area contributed by atoms with Gasteiger partial charge in [-0.05, 0) is 31.0 Å². The third kappa shape index (κ3) is 3.64. The van der Waals surface area contributed by atoms with E-state index in [0.717, 1.165) is 5.56 Å². The minimum Gasteiger partial charge on any atom is -0.377 e. The van der Waals surface area contributed by atoms with E-state index in [-0.39, 0.29) is 11.5 Å². The first kappa shape index (κ1) is 13.9. The molecule has 5 heteroatoms. The molecular weight excluding hydrogens is 240 g/mol. The Kier molecular flexibility index (Phi) is 4.42. The van der Waals surface area contributed by atoms with Gasteiger partial charge < -0.3 is 4.74 Å². The molecule has 0 atom stereocenters. The third-order valence-corrected chi connectivity index (χ3v) is 4.15. The van der Waals surface area contributed by atoms with Crippen LogP contribution in [-0.4, -0.2) is 33.7 Å². The van der Waals surface area contributed by atoms with Crippen LogP contribution < -0.4 is 0 Å². The maximum Gasteiger partial charge on any atom is 0.185 e. The lowest BCUT2D eigenvalue weighted by Crippen LogP contribution is -2.20. The first-order valence-corrected chi connectivity index (χ1v) is 6.82. The fraction of sp³-hybridized carbons (Fsp3) is 0.417. The van der Waals surface area contributed by atoms with Crippen molar-refractivity contribution in [2.75, 3.05) is 19.5 Å². The highest BCUT2D eigenvalue weighted by Crippen LogP contribution is 2.18. The van der Waals surface area contributed by atoms with E-state index in [1.165, 1.54) is 7.11 Å². The molecule has 94 valence electrons. The van der Waals surface area contributed by atoms with Crippen molar-refractivity contribution in [3.8, 4) is 0 Å². The monoisotopic (exact) mass is 256 g/mol. The number of rotatable bonds is 5. The van der Waals surface area contributed by atoms with Gasteiger partial charge in [0.1, 0.15) is 12.4 Å². The van der Waals surface area contributed by atoms with Crippen molar-refractivity contribution in [1.29, 1.82) is 0 Å². The van der Waals surface area contributed by atoms with Crippen LogP contribution in [-0.2, 0) is 19.4 Å². The van der Waals surface area contributed by atoms with Crippen LogP contribution in [0.4, 0.5) is 0 Å². The van der Waals surface area contributed by atoms with Gasteiger partial charge in [-0.2, -0.15) is 0 Å². The van der Waals surface area contributed by atoms with Crippen LogP contribution in [0.1, 0.15) is 11.1 Å². The molecule has 0 amide bonds. The summed E-state index contributed by atoms with van der Waals surface area (Å²) in [6.45, 7) is 3.35. The lowest BCUT2D eigenvalue weighted by molar-refractivity contribution is -0.120. The number of ether oxygens (including phenoxy) is 1. The maximum atomic E-state index is 12.0. The molecule has 1 rings (SSSR count). The normalized spacial score (nSPS) is 11.5. The predicted octanol–water partition coefficient (Wildman–Crippen LogP) is 1.29. The summed E-state index contributed by atoms with van der Waals surface area (Å²) >= 11 is 0. The minimum absolute atomic E-state index is 0.176. The second-order valence-electron chi connectivity index (χ2n) is 4.00. The molecule has 0 spiro atoms. The highest BCUT2D eigenvalue weighted by atomic mass is 32.2. The van der Waals surface area contributed by atoms with Crippen LogP contribution in [0.25, 0.3) is 0 Å². The number of hydrogen-bond donors (Lipinski definition) is 0. The van der Waals surface area contributed by atoms with Crippen LogP contribution in [0.2, 0.25) is 0 Å². The van der Waals surface area contributed by atoms with E-state index in [1.54, 1.807) is 19.1 Å². The molecule has 0 aliphatic rings. The minimum atomic E-state index is -3.56. The zero-order valence-corrected chi connectivity index (χ0v) is 11.0. The second kappa shape index (κ2) is 5.42. The molecule has 0 saturated heterocycles. The summed E-state index contributed by atoms with van der Waals surface area (Å²) in [6, 6.07) is 5.17. The van der Waals surface area contributed by atoms with E-state index < -0.39 is 21.4 Å². The lowest BCUT2D eigenvalue weighted by Gasteiger charge is -2.08. The van der Waals surface area contributed by atoms with Crippen molar-refractivity contribution >= 4 is 15.6 Å². The van der Waals surface area contributed by atoms with E-state index in [2.05, 4.69) is 4.74 Å². The summed E-state index contributed by atoms with van der Waals surface area (Å²) in [5.41, 5.74) is 1.51. The summed E-state index contributed by atoms with van der Waals surface area (Å²) in [5, 5.41) is 0. The van der Waals surface area contributed by atoms with Crippen molar-refractivity contribution in [2.24, 2.45) is 0 Å². The highest BCUT2D eigenvalue weighted by molar-refractivity contribution is 7.92. The molecule has 17 heavy (non-hydrogen) atoms. The van der Waals surface area contributed by atoms with Gasteiger partial charge >= 0.3 is 0 Å². The second-order valence-corrected chi connectivity index (χ2v) is 5.96. The van der Waals surface area contributed by atoms with Crippen molar-refractivity contribution in [1.82, 2.24) is 0 Å². The largest absolute Gasteiger partial charge is 0.377 e. The Morgan fingerprint density at radius 3 is 2.53 bits per heavy atom. The average Bonchev–Trinajstić information content (AvgIpc) is 2.21. The fourth-order valence-electron chi connectivity index (χ4n) is 1.53. The number of hydrogen-bond acceptors (Lipinski definition) is 4. The number of ketones is 1. The average molecular weight is 256 g/mol. The number of benzene rings is 1. The molecule has 4 nitrogen and oxygen atoms in total. The summed E-state index contributed by atoms with van der Waals surface area (Å²) in [6.07, 6.45) is 0. The van der Waals surface area contributed by atoms with Gasteiger partial charge in [-0.1, -0.05) is 12.1 Å². The lowest BCUT2D eigenvalue weighted by atomic mass is 10.2. The molecule has 1 aromatic rings. The Morgan fingerprint density at radius 1 is 1.29 bits per heavy atom. The molecule has 0 aliphatic carbocycles. The third-order valence-electron chi connectivity index (χ3n) is 2.34. The SMILES string of the molecule is COCC(=O)CS(=O)(=O)c1cc(C)ccc1C. The number of carbonyl (C=O) groups excluding carboxylic acids is 1. The molecule has 1 aromatic carbocycles. The smallest absolute Gasteiger partial charge is 0.185 e. The van der Waals surface area contributed by atoms with Crippen LogP contribution in [0.3, 0.4) is 0 Å². The Labute approximate surface area is 102 Å². The van der Waals surface area contributed by atoms with Crippen molar-refractivity contribution in [2.45, 2.75) is 18.7 Å². The Bertz CT molecular complexity index is 517. The standard InChI is InChI=1S/C12H16O4S/c1-9-4-5-10(2)12(6-9)17(14,15)8-11(13)7-16-3/h4-6H,7-8H2,1-3H3. The summed E-state index contributed by atoms with van der Waals surface area (Å²) in [4.78, 5) is 11.5. The number of aryl methyl sites for hydroxylation is 2. The summed E-state index contributed by atoms with van der Waals surface area (Å²) in [7, 11) is -2.20. The molecule has 0 unspecified atom stereocenters. The van der Waals surface area contributed by atoms with Gasteiger partial charge in [-0.3, -0.25) is 4.79 Å². The predicted molar refractivity (Wildman–Crippen MR) is 64.9 cm³/mol. The van der Waals surface area contributed by atoms with Gasteiger partial charge in [0.15, 0.2) is 15.6 Å². The molecule has 0 saturated carbocycles. The highest BCUT2D eigenvalue weighted by Gasteiger charge is 2.21.